The lowest BCUT2D eigenvalue weighted by Crippen LogP contribution is -2.46. The van der Waals surface area contributed by atoms with Crippen LogP contribution in [0.5, 0.6) is 0 Å². The zero-order valence-electron chi connectivity index (χ0n) is 12.1. The van der Waals surface area contributed by atoms with Crippen LogP contribution in [0.25, 0.3) is 0 Å². The van der Waals surface area contributed by atoms with Crippen LogP contribution in [0, 0.1) is 17.8 Å². The molecule has 0 aromatic carbocycles. The minimum absolute atomic E-state index is 0.0219. The Kier molecular flexibility index (Phi) is 6.46. The Morgan fingerprint density at radius 2 is 1.94 bits per heavy atom. The highest BCUT2D eigenvalue weighted by molar-refractivity contribution is 5.74. The van der Waals surface area contributed by atoms with Gasteiger partial charge in [-0.3, -0.25) is 4.90 Å². The maximum Gasteiger partial charge on any atom is 0.411 e. The first-order valence-electron chi connectivity index (χ1n) is 6.07. The number of amides is 1. The third kappa shape index (κ3) is 5.72. The predicted molar refractivity (Wildman–Crippen MR) is 71.1 cm³/mol. The molecule has 0 aliphatic carbocycles. The first kappa shape index (κ1) is 16.5. The second-order valence-electron chi connectivity index (χ2n) is 5.41. The van der Waals surface area contributed by atoms with Crippen LogP contribution < -0.4 is 0 Å². The van der Waals surface area contributed by atoms with Crippen LogP contribution in [-0.4, -0.2) is 35.5 Å². The van der Waals surface area contributed by atoms with Crippen LogP contribution in [-0.2, 0) is 9.53 Å². The van der Waals surface area contributed by atoms with Crippen LogP contribution in [0.2, 0.25) is 0 Å². The van der Waals surface area contributed by atoms with Crippen molar-refractivity contribution in [2.24, 2.45) is 5.92 Å². The fourth-order valence-electron chi connectivity index (χ4n) is 1.37. The molecular weight excluding hydrogens is 230 g/mol. The minimum Gasteiger partial charge on any atom is -0.444 e. The van der Waals surface area contributed by atoms with Crippen molar-refractivity contribution in [2.75, 3.05) is 6.54 Å². The van der Waals surface area contributed by atoms with E-state index >= 15 is 0 Å². The van der Waals surface area contributed by atoms with Gasteiger partial charge in [-0.05, 0) is 33.6 Å². The van der Waals surface area contributed by atoms with E-state index in [0.29, 0.717) is 0 Å². The molecule has 0 N–H and O–H groups in total. The van der Waals surface area contributed by atoms with Crippen LogP contribution in [0.3, 0.4) is 0 Å². The molecule has 18 heavy (non-hydrogen) atoms. The van der Waals surface area contributed by atoms with Crippen molar-refractivity contribution in [1.29, 1.82) is 0 Å². The number of carbonyl (C=O) groups excluding carboxylic acids is 2. The molecule has 0 radical (unpaired) electrons. The Bertz CT molecular complexity index is 344. The fraction of sp³-hybridized carbons (Fsp3) is 0.714. The third-order valence-electron chi connectivity index (χ3n) is 2.24. The molecule has 0 spiro atoms. The Morgan fingerprint density at radius 3 is 2.28 bits per heavy atom. The smallest absolute Gasteiger partial charge is 0.411 e. The Labute approximate surface area is 110 Å². The minimum atomic E-state index is -0.584. The molecule has 0 aliphatic heterocycles. The van der Waals surface area contributed by atoms with Gasteiger partial charge in [-0.1, -0.05) is 19.8 Å². The predicted octanol–water partition coefficient (Wildman–Crippen LogP) is 2.47. The summed E-state index contributed by atoms with van der Waals surface area (Å²) in [4.78, 5) is 24.5. The van der Waals surface area contributed by atoms with Gasteiger partial charge < -0.3 is 9.53 Å². The maximum atomic E-state index is 12.0. The summed E-state index contributed by atoms with van der Waals surface area (Å²) in [6.07, 6.45) is 0.266. The first-order chi connectivity index (χ1) is 8.22. The summed E-state index contributed by atoms with van der Waals surface area (Å²) in [5, 5.41) is 0. The van der Waals surface area contributed by atoms with Crippen molar-refractivity contribution in [3.8, 4) is 11.8 Å². The molecular formula is C14H23NO3. The van der Waals surface area contributed by atoms with Crippen molar-refractivity contribution in [1.82, 2.24) is 4.90 Å². The monoisotopic (exact) mass is 253 g/mol. The van der Waals surface area contributed by atoms with E-state index in [2.05, 4.69) is 11.8 Å². The quantitative estimate of drug-likeness (QED) is 0.571. The second-order valence-corrected chi connectivity index (χ2v) is 5.41. The number of rotatable bonds is 4. The van der Waals surface area contributed by atoms with Crippen molar-refractivity contribution < 1.29 is 14.3 Å². The number of aldehydes is 1. The highest BCUT2D eigenvalue weighted by Crippen LogP contribution is 2.14. The van der Waals surface area contributed by atoms with E-state index in [1.54, 1.807) is 27.7 Å². The standard InChI is InChI=1S/C14H23NO3/c1-7-8-9-15(12(10-16)11(2)3)13(17)18-14(4,5)6/h10-12H,9H2,1-6H3/t12-/m1/s1. The summed E-state index contributed by atoms with van der Waals surface area (Å²) in [5.74, 6) is 5.54. The molecule has 0 saturated heterocycles. The molecule has 0 fully saturated rings. The highest BCUT2D eigenvalue weighted by atomic mass is 16.6. The van der Waals surface area contributed by atoms with Crippen LogP contribution >= 0.6 is 0 Å². The van der Waals surface area contributed by atoms with E-state index in [1.165, 1.54) is 4.90 Å². The first-order valence-corrected chi connectivity index (χ1v) is 6.07. The third-order valence-corrected chi connectivity index (χ3v) is 2.24. The van der Waals surface area contributed by atoms with Gasteiger partial charge >= 0.3 is 6.09 Å². The Balaban J connectivity index is 5.01. The van der Waals surface area contributed by atoms with Crippen LogP contribution in [0.4, 0.5) is 4.79 Å². The van der Waals surface area contributed by atoms with Gasteiger partial charge in [0.15, 0.2) is 0 Å². The van der Waals surface area contributed by atoms with Crippen molar-refractivity contribution >= 4 is 12.4 Å². The van der Waals surface area contributed by atoms with Crippen molar-refractivity contribution in [2.45, 2.75) is 53.2 Å². The molecule has 0 bridgehead atoms. The normalized spacial score (nSPS) is 12.4. The highest BCUT2D eigenvalue weighted by Gasteiger charge is 2.29. The van der Waals surface area contributed by atoms with Gasteiger partial charge in [0.05, 0.1) is 12.6 Å². The summed E-state index contributed by atoms with van der Waals surface area (Å²) in [5.41, 5.74) is -0.584. The molecule has 4 nitrogen and oxygen atoms in total. The van der Waals surface area contributed by atoms with E-state index in [-0.39, 0.29) is 12.5 Å². The van der Waals surface area contributed by atoms with Crippen molar-refractivity contribution in [3.05, 3.63) is 0 Å². The number of ether oxygens (including phenoxy) is 1. The van der Waals surface area contributed by atoms with E-state index in [9.17, 15) is 9.59 Å². The molecule has 0 aromatic rings. The summed E-state index contributed by atoms with van der Waals surface area (Å²) >= 11 is 0. The molecule has 0 heterocycles. The lowest BCUT2D eigenvalue weighted by atomic mass is 10.0. The molecule has 0 rings (SSSR count). The molecule has 0 saturated carbocycles. The van der Waals surface area contributed by atoms with E-state index < -0.39 is 17.7 Å². The molecule has 1 amide bonds. The zero-order chi connectivity index (χ0) is 14.3. The van der Waals surface area contributed by atoms with Gasteiger partial charge in [0.25, 0.3) is 0 Å². The fourth-order valence-corrected chi connectivity index (χ4v) is 1.37. The number of hydrogen-bond acceptors (Lipinski definition) is 3. The lowest BCUT2D eigenvalue weighted by molar-refractivity contribution is -0.113. The number of hydrogen-bond donors (Lipinski definition) is 0. The molecule has 0 aromatic heterocycles. The van der Waals surface area contributed by atoms with Gasteiger partial charge in [0.1, 0.15) is 11.9 Å². The number of nitrogens with zero attached hydrogens (tertiary/aromatic N) is 1. The zero-order valence-corrected chi connectivity index (χ0v) is 12.1. The second kappa shape index (κ2) is 7.05. The maximum absolute atomic E-state index is 12.0. The van der Waals surface area contributed by atoms with Crippen LogP contribution in [0.15, 0.2) is 0 Å². The van der Waals surface area contributed by atoms with Gasteiger partial charge in [0, 0.05) is 0 Å². The lowest BCUT2D eigenvalue weighted by Gasteiger charge is -2.31. The Hall–Kier alpha value is -1.50. The number of carbonyl (C=O) groups is 2. The molecule has 0 unspecified atom stereocenters. The summed E-state index contributed by atoms with van der Waals surface area (Å²) in [6.45, 7) is 11.0. The molecule has 0 aliphatic rings. The van der Waals surface area contributed by atoms with Crippen LogP contribution in [0.1, 0.15) is 41.5 Å². The average molecular weight is 253 g/mol. The molecule has 4 heteroatoms. The molecule has 102 valence electrons. The van der Waals surface area contributed by atoms with E-state index in [4.69, 9.17) is 4.74 Å². The average Bonchev–Trinajstić information content (AvgIpc) is 2.20. The summed E-state index contributed by atoms with van der Waals surface area (Å²) < 4.78 is 5.29. The van der Waals surface area contributed by atoms with Gasteiger partial charge in [0.2, 0.25) is 0 Å². The van der Waals surface area contributed by atoms with Gasteiger partial charge in [-0.15, -0.1) is 5.92 Å². The summed E-state index contributed by atoms with van der Waals surface area (Å²) in [6, 6.07) is -0.513. The topological polar surface area (TPSA) is 46.6 Å². The van der Waals surface area contributed by atoms with E-state index in [1.807, 2.05) is 13.8 Å². The Morgan fingerprint density at radius 1 is 1.39 bits per heavy atom. The summed E-state index contributed by atoms with van der Waals surface area (Å²) in [7, 11) is 0. The SMILES string of the molecule is CC#CCN(C(=O)OC(C)(C)C)[C@H](C=O)C(C)C. The van der Waals surface area contributed by atoms with Gasteiger partial charge in [-0.2, -0.15) is 0 Å². The largest absolute Gasteiger partial charge is 0.444 e. The van der Waals surface area contributed by atoms with E-state index in [0.717, 1.165) is 6.29 Å². The van der Waals surface area contributed by atoms with Gasteiger partial charge in [-0.25, -0.2) is 4.79 Å². The van der Waals surface area contributed by atoms with Crippen molar-refractivity contribution in [3.63, 3.8) is 0 Å². The molecule has 1 atom stereocenters.